The minimum absolute atomic E-state index is 0.362. The van der Waals surface area contributed by atoms with Crippen molar-refractivity contribution in [2.24, 2.45) is 5.73 Å². The lowest BCUT2D eigenvalue weighted by atomic mass is 10.0. The second-order valence-corrected chi connectivity index (χ2v) is 6.04. The molecule has 0 aliphatic rings. The van der Waals surface area contributed by atoms with Crippen LogP contribution in [-0.2, 0) is 13.0 Å². The van der Waals surface area contributed by atoms with E-state index in [9.17, 15) is 0 Å². The first-order valence-corrected chi connectivity index (χ1v) is 7.67. The lowest BCUT2D eigenvalue weighted by Crippen LogP contribution is -2.39. The summed E-state index contributed by atoms with van der Waals surface area (Å²) in [5.74, 6) is 0. The molecule has 2 aromatic carbocycles. The zero-order chi connectivity index (χ0) is 14.4. The molecule has 1 atom stereocenters. The third kappa shape index (κ3) is 4.44. The number of nitrogens with two attached hydrogens (primary N) is 1. The fourth-order valence-electron chi connectivity index (χ4n) is 2.31. The number of hydrogen-bond donors (Lipinski definition) is 1. The smallest absolute Gasteiger partial charge is 0.0259 e. The molecule has 0 spiro atoms. The van der Waals surface area contributed by atoms with Crippen molar-refractivity contribution in [1.29, 1.82) is 0 Å². The molecule has 20 heavy (non-hydrogen) atoms. The van der Waals surface area contributed by atoms with Gasteiger partial charge >= 0.3 is 0 Å². The van der Waals surface area contributed by atoms with Gasteiger partial charge in [-0.05, 0) is 36.7 Å². The highest BCUT2D eigenvalue weighted by Gasteiger charge is 2.13. The van der Waals surface area contributed by atoms with Crippen LogP contribution in [0.4, 0.5) is 0 Å². The molecule has 1 unspecified atom stereocenters. The minimum Gasteiger partial charge on any atom is -0.329 e. The Hall–Kier alpha value is -1.16. The molecular weight excluding hydrogens is 312 g/mol. The third-order valence-electron chi connectivity index (χ3n) is 3.55. The summed E-state index contributed by atoms with van der Waals surface area (Å²) in [6.07, 6.45) is 0.990. The van der Waals surface area contributed by atoms with Crippen LogP contribution in [-0.4, -0.2) is 24.5 Å². The van der Waals surface area contributed by atoms with Crippen LogP contribution < -0.4 is 5.73 Å². The van der Waals surface area contributed by atoms with Crippen LogP contribution in [0.15, 0.2) is 59.1 Å². The molecule has 3 heteroatoms. The first-order chi connectivity index (χ1) is 9.69. The average Bonchev–Trinajstić information content (AvgIpc) is 2.48. The van der Waals surface area contributed by atoms with E-state index >= 15 is 0 Å². The van der Waals surface area contributed by atoms with Crippen LogP contribution in [0.3, 0.4) is 0 Å². The quantitative estimate of drug-likeness (QED) is 0.877. The largest absolute Gasteiger partial charge is 0.329 e. The second-order valence-electron chi connectivity index (χ2n) is 5.12. The molecule has 0 fully saturated rings. The molecule has 0 bridgehead atoms. The molecule has 0 aromatic heterocycles. The summed E-state index contributed by atoms with van der Waals surface area (Å²) >= 11 is 3.46. The summed E-state index contributed by atoms with van der Waals surface area (Å²) in [5, 5.41) is 0. The number of nitrogens with zero attached hydrogens (tertiary/aromatic N) is 1. The lowest BCUT2D eigenvalue weighted by Gasteiger charge is -2.27. The van der Waals surface area contributed by atoms with Gasteiger partial charge in [-0.25, -0.2) is 0 Å². The number of rotatable bonds is 6. The maximum absolute atomic E-state index is 5.95. The van der Waals surface area contributed by atoms with E-state index in [1.807, 2.05) is 6.07 Å². The van der Waals surface area contributed by atoms with E-state index in [0.29, 0.717) is 12.6 Å². The van der Waals surface area contributed by atoms with Gasteiger partial charge in [0, 0.05) is 23.6 Å². The van der Waals surface area contributed by atoms with Crippen LogP contribution in [0.2, 0.25) is 0 Å². The van der Waals surface area contributed by atoms with Crippen molar-refractivity contribution in [3.05, 3.63) is 70.2 Å². The van der Waals surface area contributed by atoms with Crippen molar-refractivity contribution in [2.75, 3.05) is 13.6 Å². The molecule has 0 aliphatic carbocycles. The standard InChI is InChI=1S/C17H21BrN2/c1-20(13-15-7-9-16(18)10-8-15)17(12-19)11-14-5-3-2-4-6-14/h2-10,17H,11-13,19H2,1H3. The second kappa shape index (κ2) is 7.58. The first kappa shape index (κ1) is 15.2. The lowest BCUT2D eigenvalue weighted by molar-refractivity contribution is 0.237. The Bertz CT molecular complexity index is 510. The maximum Gasteiger partial charge on any atom is 0.0259 e. The summed E-state index contributed by atoms with van der Waals surface area (Å²) in [7, 11) is 2.14. The molecule has 106 valence electrons. The van der Waals surface area contributed by atoms with Gasteiger partial charge in [0.2, 0.25) is 0 Å². The van der Waals surface area contributed by atoms with Crippen molar-refractivity contribution in [3.63, 3.8) is 0 Å². The van der Waals surface area contributed by atoms with Crippen molar-refractivity contribution >= 4 is 15.9 Å². The van der Waals surface area contributed by atoms with E-state index in [-0.39, 0.29) is 0 Å². The highest BCUT2D eigenvalue weighted by atomic mass is 79.9. The van der Waals surface area contributed by atoms with E-state index in [1.54, 1.807) is 0 Å². The first-order valence-electron chi connectivity index (χ1n) is 6.87. The molecule has 0 aliphatic heterocycles. The summed E-state index contributed by atoms with van der Waals surface area (Å²) < 4.78 is 1.11. The van der Waals surface area contributed by atoms with Gasteiger partial charge in [0.05, 0.1) is 0 Å². The molecule has 0 saturated heterocycles. The van der Waals surface area contributed by atoms with Crippen molar-refractivity contribution < 1.29 is 0 Å². The molecular formula is C17H21BrN2. The van der Waals surface area contributed by atoms with E-state index in [0.717, 1.165) is 17.4 Å². The molecule has 0 saturated carbocycles. The van der Waals surface area contributed by atoms with E-state index in [2.05, 4.69) is 76.4 Å². The van der Waals surface area contributed by atoms with Gasteiger partial charge in [-0.3, -0.25) is 4.90 Å². The Balaban J connectivity index is 1.98. The Morgan fingerprint density at radius 3 is 2.25 bits per heavy atom. The maximum atomic E-state index is 5.95. The molecule has 0 heterocycles. The minimum atomic E-state index is 0.362. The van der Waals surface area contributed by atoms with Crippen LogP contribution in [0.25, 0.3) is 0 Å². The number of benzene rings is 2. The Kier molecular flexibility index (Phi) is 5.77. The number of likely N-dealkylation sites (N-methyl/N-ethyl adjacent to an activating group) is 1. The third-order valence-corrected chi connectivity index (χ3v) is 4.08. The van der Waals surface area contributed by atoms with Crippen LogP contribution >= 0.6 is 15.9 Å². The van der Waals surface area contributed by atoms with Gasteiger partial charge in [0.15, 0.2) is 0 Å². The van der Waals surface area contributed by atoms with Gasteiger partial charge in [-0.1, -0.05) is 58.4 Å². The van der Waals surface area contributed by atoms with Crippen LogP contribution in [0.1, 0.15) is 11.1 Å². The molecule has 0 amide bonds. The zero-order valence-electron chi connectivity index (χ0n) is 11.8. The monoisotopic (exact) mass is 332 g/mol. The summed E-state index contributed by atoms with van der Waals surface area (Å²) in [4.78, 5) is 2.33. The normalized spacial score (nSPS) is 12.6. The van der Waals surface area contributed by atoms with Gasteiger partial charge in [0.25, 0.3) is 0 Å². The zero-order valence-corrected chi connectivity index (χ0v) is 13.4. The molecule has 2 nitrogen and oxygen atoms in total. The summed E-state index contributed by atoms with van der Waals surface area (Å²) in [5.41, 5.74) is 8.60. The predicted octanol–water partition coefficient (Wildman–Crippen LogP) is 3.45. The number of hydrogen-bond acceptors (Lipinski definition) is 2. The highest BCUT2D eigenvalue weighted by Crippen LogP contribution is 2.14. The fraction of sp³-hybridized carbons (Fsp3) is 0.294. The van der Waals surface area contributed by atoms with E-state index < -0.39 is 0 Å². The Morgan fingerprint density at radius 1 is 1.00 bits per heavy atom. The van der Waals surface area contributed by atoms with Gasteiger partial charge in [-0.15, -0.1) is 0 Å². The molecule has 2 rings (SSSR count). The van der Waals surface area contributed by atoms with Gasteiger partial charge < -0.3 is 5.73 Å². The summed E-state index contributed by atoms with van der Waals surface area (Å²) in [6, 6.07) is 19.4. The van der Waals surface area contributed by atoms with Gasteiger partial charge in [0.1, 0.15) is 0 Å². The van der Waals surface area contributed by atoms with E-state index in [1.165, 1.54) is 11.1 Å². The molecule has 2 N–H and O–H groups in total. The summed E-state index contributed by atoms with van der Waals surface area (Å²) in [6.45, 7) is 1.59. The SMILES string of the molecule is CN(Cc1ccc(Br)cc1)C(CN)Cc1ccccc1. The highest BCUT2D eigenvalue weighted by molar-refractivity contribution is 9.10. The van der Waals surface area contributed by atoms with Crippen molar-refractivity contribution in [1.82, 2.24) is 4.90 Å². The Morgan fingerprint density at radius 2 is 1.65 bits per heavy atom. The van der Waals surface area contributed by atoms with Crippen LogP contribution in [0.5, 0.6) is 0 Å². The molecule has 0 radical (unpaired) electrons. The molecule has 2 aromatic rings. The topological polar surface area (TPSA) is 29.3 Å². The van der Waals surface area contributed by atoms with E-state index in [4.69, 9.17) is 5.73 Å². The van der Waals surface area contributed by atoms with Crippen molar-refractivity contribution in [2.45, 2.75) is 19.0 Å². The van der Waals surface area contributed by atoms with Crippen LogP contribution in [0, 0.1) is 0 Å². The average molecular weight is 333 g/mol. The van der Waals surface area contributed by atoms with Crippen molar-refractivity contribution in [3.8, 4) is 0 Å². The number of halogens is 1. The Labute approximate surface area is 129 Å². The van der Waals surface area contributed by atoms with Gasteiger partial charge in [-0.2, -0.15) is 0 Å². The predicted molar refractivity (Wildman–Crippen MR) is 88.6 cm³/mol. The fourth-order valence-corrected chi connectivity index (χ4v) is 2.58.